The molecule has 0 spiro atoms. The first-order valence-electron chi connectivity index (χ1n) is 4.94. The van der Waals surface area contributed by atoms with Crippen LogP contribution in [0, 0.1) is 0 Å². The van der Waals surface area contributed by atoms with Gasteiger partial charge >= 0.3 is 0 Å². The number of amides is 1. The minimum absolute atomic E-state index is 0.150. The second kappa shape index (κ2) is 6.13. The molecule has 0 radical (unpaired) electrons. The van der Waals surface area contributed by atoms with Gasteiger partial charge in [-0.2, -0.15) is 0 Å². The van der Waals surface area contributed by atoms with Gasteiger partial charge < -0.3 is 5.32 Å². The van der Waals surface area contributed by atoms with E-state index >= 15 is 0 Å². The van der Waals surface area contributed by atoms with Gasteiger partial charge in [-0.25, -0.2) is 0 Å². The van der Waals surface area contributed by atoms with E-state index in [1.165, 1.54) is 6.08 Å². The zero-order valence-corrected chi connectivity index (χ0v) is 9.92. The largest absolute Gasteiger partial charge is 0.349 e. The number of benzene rings is 1. The Bertz CT molecular complexity index is 424. The van der Waals surface area contributed by atoms with Crippen LogP contribution in [0.4, 0.5) is 0 Å². The number of hydrogen-bond donors (Lipinski definition) is 1. The molecule has 1 amide bonds. The van der Waals surface area contributed by atoms with Crippen molar-refractivity contribution < 1.29 is 4.79 Å². The lowest BCUT2D eigenvalue weighted by atomic mass is 10.2. The van der Waals surface area contributed by atoms with Gasteiger partial charge in [-0.1, -0.05) is 42.0 Å². The van der Waals surface area contributed by atoms with Crippen LogP contribution in [0.5, 0.6) is 0 Å². The van der Waals surface area contributed by atoms with Crippen molar-refractivity contribution >= 4 is 23.6 Å². The van der Waals surface area contributed by atoms with Crippen LogP contribution in [0.1, 0.15) is 12.5 Å². The summed E-state index contributed by atoms with van der Waals surface area (Å²) < 4.78 is 0. The van der Waals surface area contributed by atoms with E-state index in [-0.39, 0.29) is 5.91 Å². The molecule has 0 bridgehead atoms. The highest BCUT2D eigenvalue weighted by Gasteiger charge is 1.96. The second-order valence-electron chi connectivity index (χ2n) is 3.53. The predicted octanol–water partition coefficient (Wildman–Crippen LogP) is 3.05. The topological polar surface area (TPSA) is 29.1 Å². The molecule has 16 heavy (non-hydrogen) atoms. The molecule has 3 heteroatoms. The highest BCUT2D eigenvalue weighted by Crippen LogP contribution is 2.15. The molecule has 1 aromatic rings. The Hall–Kier alpha value is -1.54. The monoisotopic (exact) mass is 235 g/mol. The first-order chi connectivity index (χ1) is 7.59. The molecule has 1 aromatic carbocycles. The summed E-state index contributed by atoms with van der Waals surface area (Å²) in [5, 5.41) is 3.33. The average molecular weight is 236 g/mol. The smallest absolute Gasteiger partial charge is 0.244 e. The van der Waals surface area contributed by atoms with Crippen molar-refractivity contribution in [2.75, 3.05) is 6.54 Å². The second-order valence-corrected chi connectivity index (χ2v) is 3.94. The normalized spacial score (nSPS) is 10.4. The molecule has 0 aliphatic carbocycles. The van der Waals surface area contributed by atoms with Crippen LogP contribution < -0.4 is 5.32 Å². The Morgan fingerprint density at radius 3 is 2.81 bits per heavy atom. The van der Waals surface area contributed by atoms with Crippen LogP contribution in [-0.4, -0.2) is 12.5 Å². The molecule has 0 aliphatic heterocycles. The van der Waals surface area contributed by atoms with E-state index in [0.29, 0.717) is 11.6 Å². The maximum atomic E-state index is 11.4. The lowest BCUT2D eigenvalue weighted by Crippen LogP contribution is -2.22. The van der Waals surface area contributed by atoms with Crippen LogP contribution in [-0.2, 0) is 4.79 Å². The molecule has 0 atom stereocenters. The number of carbonyl (C=O) groups is 1. The average Bonchev–Trinajstić information content (AvgIpc) is 2.25. The number of hydrogen-bond acceptors (Lipinski definition) is 1. The van der Waals surface area contributed by atoms with Crippen LogP contribution in [0.2, 0.25) is 5.02 Å². The van der Waals surface area contributed by atoms with E-state index in [0.717, 1.165) is 11.1 Å². The van der Waals surface area contributed by atoms with Gasteiger partial charge in [0.15, 0.2) is 0 Å². The molecular weight excluding hydrogens is 222 g/mol. The van der Waals surface area contributed by atoms with Crippen LogP contribution in [0.3, 0.4) is 0 Å². The Labute approximate surface area is 101 Å². The molecule has 0 fully saturated rings. The van der Waals surface area contributed by atoms with Crippen molar-refractivity contribution in [1.82, 2.24) is 5.32 Å². The summed E-state index contributed by atoms with van der Waals surface area (Å²) in [6.07, 6.45) is 3.15. The van der Waals surface area contributed by atoms with Gasteiger partial charge in [0.05, 0.1) is 0 Å². The molecular formula is C13H14ClNO. The lowest BCUT2D eigenvalue weighted by Gasteiger charge is -2.00. The molecule has 0 saturated heterocycles. The van der Waals surface area contributed by atoms with E-state index in [1.54, 1.807) is 12.1 Å². The maximum absolute atomic E-state index is 11.4. The number of nitrogens with one attached hydrogen (secondary N) is 1. The van der Waals surface area contributed by atoms with Crippen molar-refractivity contribution in [3.8, 4) is 0 Å². The van der Waals surface area contributed by atoms with E-state index in [2.05, 4.69) is 11.9 Å². The van der Waals surface area contributed by atoms with Crippen LogP contribution >= 0.6 is 11.6 Å². The summed E-state index contributed by atoms with van der Waals surface area (Å²) in [6, 6.07) is 7.36. The van der Waals surface area contributed by atoms with Gasteiger partial charge in [0.25, 0.3) is 0 Å². The highest BCUT2D eigenvalue weighted by molar-refractivity contribution is 6.32. The molecule has 0 unspecified atom stereocenters. The molecule has 1 rings (SSSR count). The highest BCUT2D eigenvalue weighted by atomic mass is 35.5. The van der Waals surface area contributed by atoms with E-state index in [1.807, 2.05) is 25.1 Å². The van der Waals surface area contributed by atoms with Gasteiger partial charge in [0.1, 0.15) is 0 Å². The Morgan fingerprint density at radius 2 is 2.19 bits per heavy atom. The number of halogens is 1. The van der Waals surface area contributed by atoms with E-state index in [4.69, 9.17) is 11.6 Å². The SMILES string of the molecule is C=C(C)CNC(=O)/C=C/c1ccccc1Cl. The summed E-state index contributed by atoms with van der Waals surface area (Å²) in [7, 11) is 0. The summed E-state index contributed by atoms with van der Waals surface area (Å²) in [5.41, 5.74) is 1.74. The molecule has 0 aliphatic rings. The van der Waals surface area contributed by atoms with Gasteiger partial charge in [-0.3, -0.25) is 4.79 Å². The summed E-state index contributed by atoms with van der Waals surface area (Å²) >= 11 is 5.94. The van der Waals surface area contributed by atoms with E-state index in [9.17, 15) is 4.79 Å². The van der Waals surface area contributed by atoms with Gasteiger partial charge in [0, 0.05) is 17.6 Å². The molecule has 2 nitrogen and oxygen atoms in total. The zero-order valence-electron chi connectivity index (χ0n) is 9.16. The summed E-state index contributed by atoms with van der Waals surface area (Å²) in [5.74, 6) is -0.150. The third kappa shape index (κ3) is 4.32. The number of rotatable bonds is 4. The molecule has 0 heterocycles. The maximum Gasteiger partial charge on any atom is 0.244 e. The first kappa shape index (κ1) is 12.5. The van der Waals surface area contributed by atoms with Crippen molar-refractivity contribution in [3.05, 3.63) is 53.1 Å². The predicted molar refractivity (Wildman–Crippen MR) is 68.3 cm³/mol. The minimum atomic E-state index is -0.150. The third-order valence-electron chi connectivity index (χ3n) is 1.88. The summed E-state index contributed by atoms with van der Waals surface area (Å²) in [4.78, 5) is 11.4. The van der Waals surface area contributed by atoms with Gasteiger partial charge in [-0.15, -0.1) is 0 Å². The van der Waals surface area contributed by atoms with E-state index < -0.39 is 0 Å². The molecule has 84 valence electrons. The van der Waals surface area contributed by atoms with Crippen molar-refractivity contribution in [1.29, 1.82) is 0 Å². The number of carbonyl (C=O) groups excluding carboxylic acids is 1. The fourth-order valence-corrected chi connectivity index (χ4v) is 1.27. The Morgan fingerprint density at radius 1 is 1.50 bits per heavy atom. The first-order valence-corrected chi connectivity index (χ1v) is 5.32. The van der Waals surface area contributed by atoms with Crippen LogP contribution in [0.25, 0.3) is 6.08 Å². The fraction of sp³-hybridized carbons (Fsp3) is 0.154. The van der Waals surface area contributed by atoms with Crippen LogP contribution in [0.15, 0.2) is 42.5 Å². The van der Waals surface area contributed by atoms with Gasteiger partial charge in [-0.05, 0) is 24.6 Å². The van der Waals surface area contributed by atoms with Crippen molar-refractivity contribution in [2.45, 2.75) is 6.92 Å². The van der Waals surface area contributed by atoms with Crippen molar-refractivity contribution in [3.63, 3.8) is 0 Å². The Kier molecular flexibility index (Phi) is 4.80. The quantitative estimate of drug-likeness (QED) is 0.631. The summed E-state index contributed by atoms with van der Waals surface area (Å²) in [6.45, 7) is 6.05. The molecule has 0 aromatic heterocycles. The van der Waals surface area contributed by atoms with Crippen molar-refractivity contribution in [2.24, 2.45) is 0 Å². The minimum Gasteiger partial charge on any atom is -0.349 e. The van der Waals surface area contributed by atoms with Gasteiger partial charge in [0.2, 0.25) is 5.91 Å². The zero-order chi connectivity index (χ0) is 12.0. The lowest BCUT2D eigenvalue weighted by molar-refractivity contribution is -0.116. The molecule has 0 saturated carbocycles. The molecule has 1 N–H and O–H groups in total. The fourth-order valence-electron chi connectivity index (χ4n) is 1.07. The standard InChI is InChI=1S/C13H14ClNO/c1-10(2)9-15-13(16)8-7-11-5-3-4-6-12(11)14/h3-8H,1,9H2,2H3,(H,15,16)/b8-7+. The Balaban J connectivity index is 2.57. The third-order valence-corrected chi connectivity index (χ3v) is 2.23.